The third kappa shape index (κ3) is 1.61. The van der Waals surface area contributed by atoms with Gasteiger partial charge in [-0.2, -0.15) is 0 Å². The van der Waals surface area contributed by atoms with Crippen LogP contribution < -0.4 is 0 Å². The molecule has 0 radical (unpaired) electrons. The van der Waals surface area contributed by atoms with Crippen molar-refractivity contribution in [2.75, 3.05) is 0 Å². The van der Waals surface area contributed by atoms with Crippen LogP contribution in [0.1, 0.15) is 65.2 Å². The summed E-state index contributed by atoms with van der Waals surface area (Å²) < 4.78 is 0. The maximum absolute atomic E-state index is 10.3. The first-order chi connectivity index (χ1) is 8.89. The van der Waals surface area contributed by atoms with Crippen molar-refractivity contribution in [3.05, 3.63) is 34.9 Å². The summed E-state index contributed by atoms with van der Waals surface area (Å²) in [6.45, 7) is 15.5. The Morgan fingerprint density at radius 2 is 1.50 bits per heavy atom. The molecule has 0 bridgehead atoms. The van der Waals surface area contributed by atoms with Crippen LogP contribution in [-0.4, -0.2) is 5.11 Å². The Morgan fingerprint density at radius 1 is 1.00 bits per heavy atom. The zero-order valence-corrected chi connectivity index (χ0v) is 13.8. The van der Waals surface area contributed by atoms with Gasteiger partial charge in [0.1, 0.15) is 5.60 Å². The molecule has 0 heterocycles. The lowest BCUT2D eigenvalue weighted by Crippen LogP contribution is -2.42. The Bertz CT molecular complexity index is 595. The van der Waals surface area contributed by atoms with Crippen molar-refractivity contribution in [3.63, 3.8) is 0 Å². The minimum atomic E-state index is -1.21. The average molecular weight is 270 g/mol. The van der Waals surface area contributed by atoms with E-state index >= 15 is 0 Å². The zero-order chi connectivity index (χ0) is 15.6. The van der Waals surface area contributed by atoms with Crippen LogP contribution in [0.4, 0.5) is 0 Å². The quantitative estimate of drug-likeness (QED) is 0.761. The van der Waals surface area contributed by atoms with Crippen LogP contribution in [-0.2, 0) is 16.4 Å². The lowest BCUT2D eigenvalue weighted by molar-refractivity contribution is 0.120. The summed E-state index contributed by atoms with van der Waals surface area (Å²) in [6, 6.07) is 6.22. The third-order valence-electron chi connectivity index (χ3n) is 6.33. The second-order valence-electron chi connectivity index (χ2n) is 7.85. The summed E-state index contributed by atoms with van der Waals surface area (Å²) in [6.07, 6.45) is 5.46. The Hall–Kier alpha value is -1.26. The summed E-state index contributed by atoms with van der Waals surface area (Å²) in [5.74, 6) is 2.47. The first kappa shape index (κ1) is 15.1. The molecule has 2 rings (SSSR count). The first-order valence-electron chi connectivity index (χ1n) is 7.25. The first-order valence-corrected chi connectivity index (χ1v) is 7.25. The molecular formula is C19H26O. The topological polar surface area (TPSA) is 20.2 Å². The normalized spacial score (nSPS) is 24.6. The van der Waals surface area contributed by atoms with E-state index in [2.05, 4.69) is 59.6 Å². The molecular weight excluding hydrogens is 244 g/mol. The van der Waals surface area contributed by atoms with Crippen molar-refractivity contribution in [2.45, 2.75) is 64.9 Å². The Balaban J connectivity index is 2.74. The number of hydrogen-bond donors (Lipinski definition) is 1. The highest BCUT2D eigenvalue weighted by molar-refractivity contribution is 5.51. The van der Waals surface area contributed by atoms with E-state index in [4.69, 9.17) is 6.42 Å². The van der Waals surface area contributed by atoms with Crippen LogP contribution in [0.3, 0.4) is 0 Å². The highest BCUT2D eigenvalue weighted by Crippen LogP contribution is 2.61. The van der Waals surface area contributed by atoms with E-state index < -0.39 is 5.60 Å². The molecule has 1 N–H and O–H groups in total. The number of aliphatic hydroxyl groups is 1. The molecule has 1 atom stereocenters. The second-order valence-corrected chi connectivity index (χ2v) is 7.85. The highest BCUT2D eigenvalue weighted by Gasteiger charge is 2.56. The van der Waals surface area contributed by atoms with Crippen molar-refractivity contribution in [2.24, 2.45) is 5.41 Å². The Kier molecular flexibility index (Phi) is 2.95. The second kappa shape index (κ2) is 3.89. The fourth-order valence-corrected chi connectivity index (χ4v) is 3.45. The van der Waals surface area contributed by atoms with Crippen LogP contribution in [0.15, 0.2) is 18.2 Å². The summed E-state index contributed by atoms with van der Waals surface area (Å²) >= 11 is 0. The number of terminal acetylenes is 1. The van der Waals surface area contributed by atoms with Gasteiger partial charge in [-0.1, -0.05) is 65.7 Å². The van der Waals surface area contributed by atoms with Gasteiger partial charge in [0.2, 0.25) is 0 Å². The minimum Gasteiger partial charge on any atom is -0.374 e. The van der Waals surface area contributed by atoms with Gasteiger partial charge in [0.25, 0.3) is 0 Å². The molecule has 108 valence electrons. The molecule has 1 aliphatic carbocycles. The van der Waals surface area contributed by atoms with Gasteiger partial charge in [0, 0.05) is 0 Å². The lowest BCUT2D eigenvalue weighted by Gasteiger charge is -2.44. The molecule has 0 spiro atoms. The molecule has 0 saturated carbocycles. The number of hydrogen-bond acceptors (Lipinski definition) is 1. The van der Waals surface area contributed by atoms with Crippen molar-refractivity contribution < 1.29 is 5.11 Å². The molecule has 20 heavy (non-hydrogen) atoms. The van der Waals surface area contributed by atoms with Crippen molar-refractivity contribution in [1.29, 1.82) is 0 Å². The Labute approximate surface area is 123 Å². The summed E-state index contributed by atoms with van der Waals surface area (Å²) in [7, 11) is 0. The standard InChI is InChI=1S/C19H26O/c1-9-19(8,20)13-10-11-14-15(12-13)17(4,5)18(6,7)16(14,2)3/h1,10-12,20H,2-8H3/t19-/m0/s1. The van der Waals surface area contributed by atoms with Gasteiger partial charge in [-0.05, 0) is 39.9 Å². The van der Waals surface area contributed by atoms with E-state index in [9.17, 15) is 5.11 Å². The molecule has 1 heteroatoms. The van der Waals surface area contributed by atoms with Gasteiger partial charge in [0.05, 0.1) is 0 Å². The van der Waals surface area contributed by atoms with E-state index in [0.717, 1.165) is 5.56 Å². The average Bonchev–Trinajstić information content (AvgIpc) is 2.46. The van der Waals surface area contributed by atoms with Crippen LogP contribution in [0.5, 0.6) is 0 Å². The molecule has 1 aromatic rings. The van der Waals surface area contributed by atoms with Crippen molar-refractivity contribution in [3.8, 4) is 12.3 Å². The minimum absolute atomic E-state index is 0.0342. The van der Waals surface area contributed by atoms with E-state index in [1.54, 1.807) is 6.92 Å². The van der Waals surface area contributed by atoms with E-state index in [-0.39, 0.29) is 16.2 Å². The smallest absolute Gasteiger partial charge is 0.147 e. The van der Waals surface area contributed by atoms with Gasteiger partial charge < -0.3 is 5.11 Å². The molecule has 0 aliphatic heterocycles. The highest BCUT2D eigenvalue weighted by atomic mass is 16.3. The van der Waals surface area contributed by atoms with Crippen LogP contribution in [0.2, 0.25) is 0 Å². The predicted molar refractivity (Wildman–Crippen MR) is 84.7 cm³/mol. The van der Waals surface area contributed by atoms with E-state index in [0.29, 0.717) is 0 Å². The molecule has 0 saturated heterocycles. The third-order valence-corrected chi connectivity index (χ3v) is 6.33. The maximum atomic E-state index is 10.3. The fourth-order valence-electron chi connectivity index (χ4n) is 3.45. The van der Waals surface area contributed by atoms with E-state index in [1.807, 2.05) is 6.07 Å². The maximum Gasteiger partial charge on any atom is 0.147 e. The van der Waals surface area contributed by atoms with Gasteiger partial charge in [-0.25, -0.2) is 0 Å². The molecule has 1 nitrogen and oxygen atoms in total. The molecule has 1 aromatic carbocycles. The van der Waals surface area contributed by atoms with Gasteiger partial charge in [-0.15, -0.1) is 6.42 Å². The van der Waals surface area contributed by atoms with Crippen molar-refractivity contribution in [1.82, 2.24) is 0 Å². The largest absolute Gasteiger partial charge is 0.374 e. The summed E-state index contributed by atoms with van der Waals surface area (Å²) in [4.78, 5) is 0. The van der Waals surface area contributed by atoms with E-state index in [1.165, 1.54) is 11.1 Å². The van der Waals surface area contributed by atoms with Crippen LogP contribution in [0, 0.1) is 17.8 Å². The van der Waals surface area contributed by atoms with Crippen molar-refractivity contribution >= 4 is 0 Å². The number of fused-ring (bicyclic) bond motifs is 1. The SMILES string of the molecule is C#C[C@](C)(O)c1ccc2c(c1)C(C)(C)C(C)(C)C2(C)C. The lowest BCUT2D eigenvalue weighted by atomic mass is 9.59. The zero-order valence-electron chi connectivity index (χ0n) is 13.8. The molecule has 0 aromatic heterocycles. The number of benzene rings is 1. The van der Waals surface area contributed by atoms with Crippen LogP contribution in [0.25, 0.3) is 0 Å². The molecule has 0 unspecified atom stereocenters. The molecule has 0 fully saturated rings. The van der Waals surface area contributed by atoms with Crippen LogP contribution >= 0.6 is 0 Å². The summed E-state index contributed by atoms with van der Waals surface area (Å²) in [5, 5.41) is 10.3. The fraction of sp³-hybridized carbons (Fsp3) is 0.579. The number of rotatable bonds is 1. The van der Waals surface area contributed by atoms with Gasteiger partial charge in [0.15, 0.2) is 0 Å². The monoisotopic (exact) mass is 270 g/mol. The molecule has 0 amide bonds. The van der Waals surface area contributed by atoms with Gasteiger partial charge >= 0.3 is 0 Å². The van der Waals surface area contributed by atoms with Gasteiger partial charge in [-0.3, -0.25) is 0 Å². The Morgan fingerprint density at radius 3 is 2.00 bits per heavy atom. The molecule has 1 aliphatic rings. The summed E-state index contributed by atoms with van der Waals surface area (Å²) in [5.41, 5.74) is 2.52. The predicted octanol–water partition coefficient (Wildman–Crippen LogP) is 4.12.